The first-order valence-corrected chi connectivity index (χ1v) is 4.11. The van der Waals surface area contributed by atoms with Crippen molar-refractivity contribution in [1.82, 2.24) is 10.2 Å². The summed E-state index contributed by atoms with van der Waals surface area (Å²) in [7, 11) is 0. The third-order valence-corrected chi connectivity index (χ3v) is 2.48. The van der Waals surface area contributed by atoms with E-state index in [1.165, 1.54) is 0 Å². The molecule has 0 radical (unpaired) electrons. The Balaban J connectivity index is 2.53. The number of nitrogens with two attached hydrogens (primary N) is 1. The molecule has 0 saturated carbocycles. The first kappa shape index (κ1) is 7.73. The summed E-state index contributed by atoms with van der Waals surface area (Å²) in [6, 6.07) is 0. The molecule has 2 rings (SSSR count). The first-order chi connectivity index (χ1) is 5.65. The van der Waals surface area contributed by atoms with E-state index in [2.05, 4.69) is 10.2 Å². The van der Waals surface area contributed by atoms with Gasteiger partial charge < -0.3 is 5.73 Å². The van der Waals surface area contributed by atoms with Gasteiger partial charge in [0.25, 0.3) is 0 Å². The number of nitrogens with zero attached hydrogens (tertiary/aromatic N) is 1. The van der Waals surface area contributed by atoms with Crippen molar-refractivity contribution in [1.29, 1.82) is 0 Å². The SMILES string of the molecule is CC1(F)CCc2[nH]nc(CN)c21. The molecule has 0 aromatic carbocycles. The van der Waals surface area contributed by atoms with Crippen LogP contribution in [0.15, 0.2) is 0 Å². The van der Waals surface area contributed by atoms with Gasteiger partial charge in [0, 0.05) is 17.8 Å². The van der Waals surface area contributed by atoms with E-state index in [-0.39, 0.29) is 0 Å². The van der Waals surface area contributed by atoms with E-state index in [0.29, 0.717) is 24.2 Å². The van der Waals surface area contributed by atoms with Gasteiger partial charge in [-0.25, -0.2) is 4.39 Å². The van der Waals surface area contributed by atoms with Crippen molar-refractivity contribution in [3.05, 3.63) is 17.0 Å². The normalized spacial score (nSPS) is 27.6. The van der Waals surface area contributed by atoms with Crippen molar-refractivity contribution < 1.29 is 4.39 Å². The smallest absolute Gasteiger partial charge is 0.137 e. The molecule has 0 aliphatic heterocycles. The second kappa shape index (κ2) is 2.29. The molecule has 0 bridgehead atoms. The maximum Gasteiger partial charge on any atom is 0.137 e. The predicted octanol–water partition coefficient (Wildman–Crippen LogP) is 0.999. The lowest BCUT2D eigenvalue weighted by Gasteiger charge is -2.13. The van der Waals surface area contributed by atoms with Crippen molar-refractivity contribution >= 4 is 0 Å². The van der Waals surface area contributed by atoms with Crippen LogP contribution in [-0.4, -0.2) is 10.2 Å². The van der Waals surface area contributed by atoms with Gasteiger partial charge in [-0.3, -0.25) is 5.10 Å². The Morgan fingerprint density at radius 2 is 2.50 bits per heavy atom. The first-order valence-electron chi connectivity index (χ1n) is 4.11. The second-order valence-electron chi connectivity index (χ2n) is 3.43. The van der Waals surface area contributed by atoms with E-state index in [9.17, 15) is 4.39 Å². The van der Waals surface area contributed by atoms with Gasteiger partial charge in [0.15, 0.2) is 0 Å². The highest BCUT2D eigenvalue weighted by Gasteiger charge is 2.38. The summed E-state index contributed by atoms with van der Waals surface area (Å²) >= 11 is 0. The van der Waals surface area contributed by atoms with Crippen LogP contribution in [-0.2, 0) is 18.6 Å². The minimum absolute atomic E-state index is 0.311. The number of rotatable bonds is 1. The number of hydrogen-bond donors (Lipinski definition) is 2. The van der Waals surface area contributed by atoms with Crippen LogP contribution >= 0.6 is 0 Å². The van der Waals surface area contributed by atoms with Crippen molar-refractivity contribution in [2.75, 3.05) is 0 Å². The number of nitrogens with one attached hydrogen (secondary N) is 1. The minimum Gasteiger partial charge on any atom is -0.325 e. The molecule has 1 aromatic heterocycles. The largest absolute Gasteiger partial charge is 0.325 e. The highest BCUT2D eigenvalue weighted by atomic mass is 19.1. The zero-order valence-electron chi connectivity index (χ0n) is 7.02. The summed E-state index contributed by atoms with van der Waals surface area (Å²) in [5.74, 6) is 0. The molecule has 1 heterocycles. The molecule has 3 nitrogen and oxygen atoms in total. The van der Waals surface area contributed by atoms with Crippen LogP contribution in [0.5, 0.6) is 0 Å². The fourth-order valence-electron chi connectivity index (χ4n) is 1.85. The van der Waals surface area contributed by atoms with Crippen LogP contribution in [0.4, 0.5) is 4.39 Å². The highest BCUT2D eigenvalue weighted by Crippen LogP contribution is 2.40. The molecule has 0 saturated heterocycles. The molecule has 1 unspecified atom stereocenters. The number of aromatic nitrogens is 2. The summed E-state index contributed by atoms with van der Waals surface area (Å²) < 4.78 is 13.8. The summed E-state index contributed by atoms with van der Waals surface area (Å²) in [6.07, 6.45) is 1.29. The fraction of sp³-hybridized carbons (Fsp3) is 0.625. The number of H-pyrrole nitrogens is 1. The standard InChI is InChI=1S/C8H12FN3/c1-8(9)3-2-5-7(8)6(4-10)12-11-5/h2-4,10H2,1H3,(H,11,12). The number of alkyl halides is 1. The molecule has 1 atom stereocenters. The number of hydrogen-bond acceptors (Lipinski definition) is 2. The Labute approximate surface area is 70.2 Å². The molecular weight excluding hydrogens is 157 g/mol. The zero-order chi connectivity index (χ0) is 8.77. The van der Waals surface area contributed by atoms with Crippen molar-refractivity contribution in [2.24, 2.45) is 5.73 Å². The maximum atomic E-state index is 13.8. The molecule has 12 heavy (non-hydrogen) atoms. The van der Waals surface area contributed by atoms with Crippen LogP contribution in [0, 0.1) is 0 Å². The molecule has 1 aliphatic carbocycles. The zero-order valence-corrected chi connectivity index (χ0v) is 7.02. The van der Waals surface area contributed by atoms with Crippen LogP contribution in [0.25, 0.3) is 0 Å². The van der Waals surface area contributed by atoms with Crippen LogP contribution < -0.4 is 5.73 Å². The summed E-state index contributed by atoms with van der Waals surface area (Å²) in [5, 5.41) is 6.78. The quantitative estimate of drug-likeness (QED) is 0.659. The molecule has 0 spiro atoms. The number of aromatic amines is 1. The monoisotopic (exact) mass is 169 g/mol. The van der Waals surface area contributed by atoms with E-state index in [1.54, 1.807) is 6.92 Å². The molecule has 66 valence electrons. The average molecular weight is 169 g/mol. The number of halogens is 1. The van der Waals surface area contributed by atoms with Gasteiger partial charge in [0.1, 0.15) is 5.67 Å². The summed E-state index contributed by atoms with van der Waals surface area (Å²) in [6.45, 7) is 1.90. The van der Waals surface area contributed by atoms with Gasteiger partial charge >= 0.3 is 0 Å². The van der Waals surface area contributed by atoms with E-state index in [0.717, 1.165) is 12.1 Å². The third kappa shape index (κ3) is 0.876. The Hall–Kier alpha value is -0.900. The molecule has 0 fully saturated rings. The van der Waals surface area contributed by atoms with Gasteiger partial charge in [-0.05, 0) is 19.8 Å². The third-order valence-electron chi connectivity index (χ3n) is 2.48. The second-order valence-corrected chi connectivity index (χ2v) is 3.43. The average Bonchev–Trinajstić information content (AvgIpc) is 2.53. The molecule has 0 amide bonds. The lowest BCUT2D eigenvalue weighted by atomic mass is 10.0. The molecule has 4 heteroatoms. The molecule has 1 aromatic rings. The number of fused-ring (bicyclic) bond motifs is 1. The predicted molar refractivity (Wildman–Crippen MR) is 43.3 cm³/mol. The Morgan fingerprint density at radius 3 is 3.17 bits per heavy atom. The van der Waals surface area contributed by atoms with E-state index in [1.807, 2.05) is 0 Å². The fourth-order valence-corrected chi connectivity index (χ4v) is 1.85. The van der Waals surface area contributed by atoms with E-state index >= 15 is 0 Å². The lowest BCUT2D eigenvalue weighted by Crippen LogP contribution is -2.13. The van der Waals surface area contributed by atoms with Gasteiger partial charge in [-0.1, -0.05) is 0 Å². The molecule has 1 aliphatic rings. The summed E-state index contributed by atoms with van der Waals surface area (Å²) in [5.41, 5.74) is 6.50. The Morgan fingerprint density at radius 1 is 1.75 bits per heavy atom. The Bertz CT molecular complexity index is 303. The molecule has 3 N–H and O–H groups in total. The Kier molecular flexibility index (Phi) is 1.48. The lowest BCUT2D eigenvalue weighted by molar-refractivity contribution is 0.192. The van der Waals surface area contributed by atoms with Gasteiger partial charge in [0.05, 0.1) is 5.69 Å². The van der Waals surface area contributed by atoms with Crippen LogP contribution in [0.3, 0.4) is 0 Å². The molecular formula is C8H12FN3. The van der Waals surface area contributed by atoms with Gasteiger partial charge in [-0.2, -0.15) is 5.10 Å². The minimum atomic E-state index is -1.23. The number of aryl methyl sites for hydroxylation is 1. The summed E-state index contributed by atoms with van der Waals surface area (Å²) in [4.78, 5) is 0. The van der Waals surface area contributed by atoms with Crippen molar-refractivity contribution in [2.45, 2.75) is 32.0 Å². The van der Waals surface area contributed by atoms with E-state index in [4.69, 9.17) is 5.73 Å². The van der Waals surface area contributed by atoms with Crippen LogP contribution in [0.1, 0.15) is 30.3 Å². The van der Waals surface area contributed by atoms with Crippen LogP contribution in [0.2, 0.25) is 0 Å². The van der Waals surface area contributed by atoms with E-state index < -0.39 is 5.67 Å². The maximum absolute atomic E-state index is 13.8. The topological polar surface area (TPSA) is 54.7 Å². The van der Waals surface area contributed by atoms with Gasteiger partial charge in [0.2, 0.25) is 0 Å². The van der Waals surface area contributed by atoms with Crippen molar-refractivity contribution in [3.8, 4) is 0 Å². The van der Waals surface area contributed by atoms with Crippen molar-refractivity contribution in [3.63, 3.8) is 0 Å². The highest BCUT2D eigenvalue weighted by molar-refractivity contribution is 5.35. The van der Waals surface area contributed by atoms with Gasteiger partial charge in [-0.15, -0.1) is 0 Å².